The molecular weight excluding hydrogens is 276 g/mol. The molecule has 0 aliphatic rings. The predicted octanol–water partition coefficient (Wildman–Crippen LogP) is 3.92. The first kappa shape index (κ1) is 12.1. The van der Waals surface area contributed by atoms with Gasteiger partial charge in [-0.3, -0.25) is 0 Å². The Bertz CT molecular complexity index is 753. The number of hydrogen-bond acceptors (Lipinski definition) is 5. The monoisotopic (exact) mass is 286 g/mol. The summed E-state index contributed by atoms with van der Waals surface area (Å²) in [5.74, 6) is 0. The zero-order valence-corrected chi connectivity index (χ0v) is 11.7. The van der Waals surface area contributed by atoms with E-state index in [4.69, 9.17) is 5.26 Å². The number of H-pyrrole nitrogens is 1. The van der Waals surface area contributed by atoms with Gasteiger partial charge in [0.25, 0.3) is 0 Å². The Morgan fingerprint density at radius 1 is 1.47 bits per heavy atom. The Morgan fingerprint density at radius 3 is 3.11 bits per heavy atom. The van der Waals surface area contributed by atoms with E-state index in [0.717, 1.165) is 27.0 Å². The topological polar surface area (TPSA) is 64.5 Å². The van der Waals surface area contributed by atoms with Crippen LogP contribution in [0.2, 0.25) is 0 Å². The largest absolute Gasteiger partial charge is 0.359 e. The maximum atomic E-state index is 9.15. The first-order valence-electron chi connectivity index (χ1n) is 5.62. The summed E-state index contributed by atoms with van der Waals surface area (Å²) < 4.78 is 7.36. The van der Waals surface area contributed by atoms with E-state index in [9.17, 15) is 0 Å². The Kier molecular flexibility index (Phi) is 3.15. The Morgan fingerprint density at radius 2 is 2.37 bits per heavy atom. The van der Waals surface area contributed by atoms with Crippen LogP contribution < -0.4 is 4.72 Å². The molecule has 0 atom stereocenters. The summed E-state index contributed by atoms with van der Waals surface area (Å²) in [6.45, 7) is 2.00. The number of nitriles is 1. The fraction of sp³-hybridized carbons (Fsp3) is 0.0769. The summed E-state index contributed by atoms with van der Waals surface area (Å²) in [6.07, 6.45) is 3.75. The smallest absolute Gasteiger partial charge is 0.0998 e. The van der Waals surface area contributed by atoms with Crippen LogP contribution in [0.3, 0.4) is 0 Å². The zero-order chi connectivity index (χ0) is 13.2. The van der Waals surface area contributed by atoms with Crippen LogP contribution in [0, 0.1) is 18.3 Å². The highest BCUT2D eigenvalue weighted by Gasteiger charge is 2.10. The Labute approximate surface area is 118 Å². The third kappa shape index (κ3) is 2.18. The molecule has 0 aliphatic carbocycles. The van der Waals surface area contributed by atoms with Crippen molar-refractivity contribution < 1.29 is 0 Å². The van der Waals surface area contributed by atoms with Gasteiger partial charge in [0.2, 0.25) is 0 Å². The summed E-state index contributed by atoms with van der Waals surface area (Å²) in [6, 6.07) is 6.00. The second-order valence-corrected chi connectivity index (χ2v) is 5.60. The van der Waals surface area contributed by atoms with Gasteiger partial charge in [0.1, 0.15) is 0 Å². The zero-order valence-electron chi connectivity index (χ0n) is 10.1. The van der Waals surface area contributed by atoms with Gasteiger partial charge < -0.3 is 9.71 Å². The van der Waals surface area contributed by atoms with Crippen molar-refractivity contribution in [3.8, 4) is 6.07 Å². The van der Waals surface area contributed by atoms with Gasteiger partial charge in [-0.05, 0) is 48.1 Å². The molecule has 0 aliphatic heterocycles. The molecule has 0 unspecified atom stereocenters. The molecule has 2 aromatic heterocycles. The van der Waals surface area contributed by atoms with Crippen LogP contribution in [0.1, 0.15) is 11.1 Å². The van der Waals surface area contributed by atoms with Gasteiger partial charge in [-0.2, -0.15) is 9.64 Å². The van der Waals surface area contributed by atoms with Crippen molar-refractivity contribution in [1.82, 2.24) is 9.36 Å². The molecule has 19 heavy (non-hydrogen) atoms. The van der Waals surface area contributed by atoms with Crippen molar-refractivity contribution in [2.75, 3.05) is 4.72 Å². The standard InChI is InChI=1S/C13H10N4S2/c1-8-5-15-13-11(3-2-9(4-14)12(8)13)17-19-10-6-16-18-7-10/h2-3,5-7,15,17H,1H3. The van der Waals surface area contributed by atoms with Crippen LogP contribution in [-0.2, 0) is 0 Å². The van der Waals surface area contributed by atoms with Crippen LogP contribution in [-0.4, -0.2) is 9.36 Å². The summed E-state index contributed by atoms with van der Waals surface area (Å²) in [5.41, 5.74) is 3.71. The number of anilines is 1. The molecule has 0 radical (unpaired) electrons. The molecule has 0 saturated heterocycles. The molecule has 6 heteroatoms. The molecule has 0 bridgehead atoms. The number of aromatic nitrogens is 2. The van der Waals surface area contributed by atoms with Crippen LogP contribution >= 0.6 is 23.5 Å². The SMILES string of the molecule is Cc1c[nH]c2c(NSc3cnsc3)ccc(C#N)c12. The minimum Gasteiger partial charge on any atom is -0.359 e. The van der Waals surface area contributed by atoms with Gasteiger partial charge in [0.15, 0.2) is 0 Å². The lowest BCUT2D eigenvalue weighted by Crippen LogP contribution is -1.89. The third-order valence-corrected chi connectivity index (χ3v) is 4.36. The average Bonchev–Trinajstić information content (AvgIpc) is 3.07. The molecule has 2 heterocycles. The number of aromatic amines is 1. The van der Waals surface area contributed by atoms with E-state index >= 15 is 0 Å². The number of aryl methyl sites for hydroxylation is 1. The second kappa shape index (κ2) is 4.96. The van der Waals surface area contributed by atoms with E-state index in [1.165, 1.54) is 23.5 Å². The third-order valence-electron chi connectivity index (χ3n) is 2.84. The maximum Gasteiger partial charge on any atom is 0.0998 e. The van der Waals surface area contributed by atoms with Crippen molar-refractivity contribution >= 4 is 40.1 Å². The lowest BCUT2D eigenvalue weighted by molar-refractivity contribution is 1.42. The quantitative estimate of drug-likeness (QED) is 0.716. The van der Waals surface area contributed by atoms with Crippen molar-refractivity contribution in [3.63, 3.8) is 0 Å². The number of fused-ring (bicyclic) bond motifs is 1. The number of benzene rings is 1. The summed E-state index contributed by atoms with van der Waals surface area (Å²) in [7, 11) is 0. The lowest BCUT2D eigenvalue weighted by atomic mass is 10.1. The molecule has 3 aromatic rings. The first-order chi connectivity index (χ1) is 9.29. The van der Waals surface area contributed by atoms with E-state index in [1.54, 1.807) is 0 Å². The van der Waals surface area contributed by atoms with Gasteiger partial charge in [-0.1, -0.05) is 0 Å². The number of nitrogens with one attached hydrogen (secondary N) is 2. The van der Waals surface area contributed by atoms with Crippen LogP contribution in [0.4, 0.5) is 5.69 Å². The molecule has 0 fully saturated rings. The van der Waals surface area contributed by atoms with Crippen LogP contribution in [0.25, 0.3) is 10.9 Å². The fourth-order valence-corrected chi connectivity index (χ4v) is 3.24. The van der Waals surface area contributed by atoms with E-state index in [0.29, 0.717) is 5.56 Å². The fourth-order valence-electron chi connectivity index (χ4n) is 1.95. The number of hydrogen-bond donors (Lipinski definition) is 2. The van der Waals surface area contributed by atoms with Gasteiger partial charge >= 0.3 is 0 Å². The van der Waals surface area contributed by atoms with E-state index < -0.39 is 0 Å². The van der Waals surface area contributed by atoms with Gasteiger partial charge in [-0.25, -0.2) is 0 Å². The lowest BCUT2D eigenvalue weighted by Gasteiger charge is -2.06. The molecule has 0 amide bonds. The summed E-state index contributed by atoms with van der Waals surface area (Å²) in [4.78, 5) is 4.30. The molecule has 3 rings (SSSR count). The second-order valence-electron chi connectivity index (χ2n) is 4.06. The van der Waals surface area contributed by atoms with Gasteiger partial charge in [0.05, 0.1) is 33.9 Å². The van der Waals surface area contributed by atoms with E-state index in [2.05, 4.69) is 20.1 Å². The average molecular weight is 286 g/mol. The highest BCUT2D eigenvalue weighted by atomic mass is 32.2. The molecule has 0 saturated carbocycles. The molecule has 0 spiro atoms. The minimum absolute atomic E-state index is 0.696. The van der Waals surface area contributed by atoms with Gasteiger partial charge in [-0.15, -0.1) is 0 Å². The summed E-state index contributed by atoms with van der Waals surface area (Å²) >= 11 is 2.94. The van der Waals surface area contributed by atoms with E-state index in [-0.39, 0.29) is 0 Å². The molecule has 4 nitrogen and oxygen atoms in total. The highest BCUT2D eigenvalue weighted by Crippen LogP contribution is 2.31. The number of nitrogens with zero attached hydrogens (tertiary/aromatic N) is 2. The predicted molar refractivity (Wildman–Crippen MR) is 79.3 cm³/mol. The van der Waals surface area contributed by atoms with Gasteiger partial charge in [0, 0.05) is 17.0 Å². The normalized spacial score (nSPS) is 10.5. The summed E-state index contributed by atoms with van der Waals surface area (Å²) in [5, 5.41) is 12.1. The van der Waals surface area contributed by atoms with Crippen molar-refractivity contribution in [3.05, 3.63) is 41.0 Å². The van der Waals surface area contributed by atoms with Crippen molar-refractivity contribution in [1.29, 1.82) is 5.26 Å². The molecule has 1 aromatic carbocycles. The molecule has 2 N–H and O–H groups in total. The molecular formula is C13H10N4S2. The number of rotatable bonds is 3. The van der Waals surface area contributed by atoms with E-state index in [1.807, 2.05) is 36.8 Å². The maximum absolute atomic E-state index is 9.15. The van der Waals surface area contributed by atoms with Crippen LogP contribution in [0.5, 0.6) is 0 Å². The van der Waals surface area contributed by atoms with Crippen molar-refractivity contribution in [2.45, 2.75) is 11.8 Å². The van der Waals surface area contributed by atoms with Crippen LogP contribution in [0.15, 0.2) is 34.8 Å². The Hall–Kier alpha value is -1.97. The highest BCUT2D eigenvalue weighted by molar-refractivity contribution is 8.00. The molecule has 94 valence electrons. The Balaban J connectivity index is 1.99. The first-order valence-corrected chi connectivity index (χ1v) is 7.28. The van der Waals surface area contributed by atoms with Crippen molar-refractivity contribution in [2.24, 2.45) is 0 Å². The minimum atomic E-state index is 0.696.